The number of thioether (sulfide) groups is 1. The predicted molar refractivity (Wildman–Crippen MR) is 98.7 cm³/mol. The van der Waals surface area contributed by atoms with Crippen molar-refractivity contribution in [3.05, 3.63) is 60.9 Å². The van der Waals surface area contributed by atoms with E-state index < -0.39 is 0 Å². The van der Waals surface area contributed by atoms with Crippen molar-refractivity contribution < 1.29 is 4.79 Å². The van der Waals surface area contributed by atoms with Crippen LogP contribution in [0, 0.1) is 0 Å². The number of nitrogens with one attached hydrogen (secondary N) is 1. The van der Waals surface area contributed by atoms with E-state index in [1.807, 2.05) is 61.5 Å². The van der Waals surface area contributed by atoms with Gasteiger partial charge in [-0.15, -0.1) is 5.10 Å². The fraction of sp³-hybridized carbons (Fsp3) is 0.111. The van der Waals surface area contributed by atoms with Crippen LogP contribution < -0.4 is 5.32 Å². The first-order chi connectivity index (χ1) is 12.2. The number of aromatic nitrogens is 4. The van der Waals surface area contributed by atoms with Gasteiger partial charge in [0, 0.05) is 11.1 Å². The molecule has 4 aromatic rings. The van der Waals surface area contributed by atoms with E-state index >= 15 is 0 Å². The van der Waals surface area contributed by atoms with Gasteiger partial charge in [-0.1, -0.05) is 42.1 Å². The molecule has 124 valence electrons. The van der Waals surface area contributed by atoms with Crippen LogP contribution in [-0.4, -0.2) is 30.7 Å². The van der Waals surface area contributed by atoms with Gasteiger partial charge in [-0.3, -0.25) is 4.79 Å². The maximum atomic E-state index is 12.3. The zero-order valence-electron chi connectivity index (χ0n) is 13.5. The number of rotatable bonds is 4. The van der Waals surface area contributed by atoms with Gasteiger partial charge in [0.05, 0.1) is 10.8 Å². The quantitative estimate of drug-likeness (QED) is 0.572. The van der Waals surface area contributed by atoms with Crippen molar-refractivity contribution in [2.75, 3.05) is 5.32 Å². The summed E-state index contributed by atoms with van der Waals surface area (Å²) in [4.78, 5) is 21.3. The molecule has 0 bridgehead atoms. The van der Waals surface area contributed by atoms with E-state index in [0.717, 1.165) is 22.2 Å². The molecule has 2 heterocycles. The lowest BCUT2D eigenvalue weighted by atomic mass is 10.2. The lowest BCUT2D eigenvalue weighted by Gasteiger charge is -2.09. The van der Waals surface area contributed by atoms with Gasteiger partial charge in [0.2, 0.25) is 11.1 Å². The Bertz CT molecular complexity index is 1050. The summed E-state index contributed by atoms with van der Waals surface area (Å²) in [5, 5.41) is 8.47. The molecule has 0 unspecified atom stereocenters. The van der Waals surface area contributed by atoms with Crippen molar-refractivity contribution in [3.8, 4) is 0 Å². The Morgan fingerprint density at radius 3 is 2.72 bits per heavy atom. The number of anilines is 1. The predicted octanol–water partition coefficient (Wildman–Crippen LogP) is 3.40. The Hall–Kier alpha value is -2.93. The highest BCUT2D eigenvalue weighted by atomic mass is 32.2. The monoisotopic (exact) mass is 349 g/mol. The number of nitrogens with zero attached hydrogens (tertiary/aromatic N) is 4. The van der Waals surface area contributed by atoms with Crippen LogP contribution in [0.15, 0.2) is 66.1 Å². The number of fused-ring (bicyclic) bond motifs is 3. The van der Waals surface area contributed by atoms with Gasteiger partial charge in [0.25, 0.3) is 0 Å². The summed E-state index contributed by atoms with van der Waals surface area (Å²) in [5.74, 6) is -0.0851. The number of hydrogen-bond acceptors (Lipinski definition) is 5. The van der Waals surface area contributed by atoms with Crippen LogP contribution >= 0.6 is 11.8 Å². The zero-order chi connectivity index (χ0) is 17.2. The molecule has 0 saturated carbocycles. The summed E-state index contributed by atoms with van der Waals surface area (Å²) in [6, 6.07) is 17.2. The van der Waals surface area contributed by atoms with Crippen LogP contribution in [0.3, 0.4) is 0 Å². The molecule has 0 saturated heterocycles. The van der Waals surface area contributed by atoms with Crippen LogP contribution in [0.2, 0.25) is 0 Å². The van der Waals surface area contributed by atoms with Crippen molar-refractivity contribution in [2.45, 2.75) is 17.3 Å². The van der Waals surface area contributed by atoms with Crippen LogP contribution in [-0.2, 0) is 4.79 Å². The van der Waals surface area contributed by atoms with Crippen LogP contribution in [0.5, 0.6) is 0 Å². The van der Waals surface area contributed by atoms with Crippen molar-refractivity contribution in [1.29, 1.82) is 0 Å². The maximum absolute atomic E-state index is 12.3. The normalized spacial score (nSPS) is 12.4. The average molecular weight is 349 g/mol. The highest BCUT2D eigenvalue weighted by Crippen LogP contribution is 2.24. The molecule has 6 nitrogen and oxygen atoms in total. The molecule has 0 radical (unpaired) electrons. The molecule has 25 heavy (non-hydrogen) atoms. The number of amides is 1. The molecule has 0 aliphatic carbocycles. The average Bonchev–Trinajstić information content (AvgIpc) is 3.05. The standard InChI is InChI=1S/C18H15N5OS/c1-12(17(24)20-13-7-3-2-4-8-13)25-18-21-16-14-9-5-6-10-15(14)19-11-23(16)22-18/h2-12H,1H3,(H,20,24)/t12-/m1/s1. The molecule has 4 rings (SSSR count). The summed E-state index contributed by atoms with van der Waals surface area (Å²) in [7, 11) is 0. The molecule has 0 aliphatic heterocycles. The third-order valence-electron chi connectivity index (χ3n) is 3.76. The van der Waals surface area contributed by atoms with Gasteiger partial charge < -0.3 is 5.32 Å². The van der Waals surface area contributed by atoms with Crippen LogP contribution in [0.25, 0.3) is 16.6 Å². The van der Waals surface area contributed by atoms with E-state index in [1.54, 1.807) is 10.8 Å². The van der Waals surface area contributed by atoms with E-state index in [9.17, 15) is 4.79 Å². The second-order valence-electron chi connectivity index (χ2n) is 5.54. The third-order valence-corrected chi connectivity index (χ3v) is 4.71. The molecule has 0 aliphatic rings. The van der Waals surface area contributed by atoms with E-state index in [4.69, 9.17) is 0 Å². The van der Waals surface area contributed by atoms with Crippen LogP contribution in [0.1, 0.15) is 6.92 Å². The number of para-hydroxylation sites is 2. The van der Waals surface area contributed by atoms with Gasteiger partial charge in [-0.25, -0.2) is 14.5 Å². The second-order valence-corrected chi connectivity index (χ2v) is 6.85. The molecule has 0 spiro atoms. The van der Waals surface area contributed by atoms with Crippen molar-refractivity contribution in [3.63, 3.8) is 0 Å². The highest BCUT2D eigenvalue weighted by molar-refractivity contribution is 8.00. The third kappa shape index (κ3) is 3.18. The van der Waals surface area contributed by atoms with Gasteiger partial charge in [0.1, 0.15) is 6.33 Å². The summed E-state index contributed by atoms with van der Waals surface area (Å²) in [6.45, 7) is 1.84. The number of carbonyl (C=O) groups excluding carboxylic acids is 1. The summed E-state index contributed by atoms with van der Waals surface area (Å²) < 4.78 is 1.65. The zero-order valence-corrected chi connectivity index (χ0v) is 14.3. The van der Waals surface area contributed by atoms with Crippen molar-refractivity contribution >= 4 is 39.9 Å². The SMILES string of the molecule is C[C@@H](Sc1nc2c3ccccc3ncn2n1)C(=O)Nc1ccccc1. The Morgan fingerprint density at radius 2 is 1.88 bits per heavy atom. The molecule has 1 atom stereocenters. The van der Waals surface area contributed by atoms with Crippen molar-refractivity contribution in [2.24, 2.45) is 0 Å². The topological polar surface area (TPSA) is 72.2 Å². The van der Waals surface area contributed by atoms with E-state index in [1.165, 1.54) is 11.8 Å². The van der Waals surface area contributed by atoms with Gasteiger partial charge >= 0.3 is 0 Å². The largest absolute Gasteiger partial charge is 0.325 e. The number of benzene rings is 2. The highest BCUT2D eigenvalue weighted by Gasteiger charge is 2.18. The maximum Gasteiger partial charge on any atom is 0.237 e. The minimum atomic E-state index is -0.322. The lowest BCUT2D eigenvalue weighted by Crippen LogP contribution is -2.22. The van der Waals surface area contributed by atoms with Gasteiger partial charge in [0.15, 0.2) is 5.65 Å². The van der Waals surface area contributed by atoms with E-state index in [2.05, 4.69) is 20.4 Å². The number of carbonyl (C=O) groups is 1. The second kappa shape index (κ2) is 6.52. The molecule has 1 N–H and O–H groups in total. The Balaban J connectivity index is 1.56. The summed E-state index contributed by atoms with van der Waals surface area (Å²) in [6.07, 6.45) is 1.64. The molecule has 2 aromatic carbocycles. The first kappa shape index (κ1) is 15.6. The Labute approximate surface area is 148 Å². The van der Waals surface area contributed by atoms with Crippen LogP contribution in [0.4, 0.5) is 5.69 Å². The molecular formula is C18H15N5OS. The molecule has 1 amide bonds. The fourth-order valence-electron chi connectivity index (χ4n) is 2.49. The molecular weight excluding hydrogens is 334 g/mol. The smallest absolute Gasteiger partial charge is 0.237 e. The Morgan fingerprint density at radius 1 is 1.12 bits per heavy atom. The molecule has 7 heteroatoms. The van der Waals surface area contributed by atoms with Crippen molar-refractivity contribution in [1.82, 2.24) is 19.6 Å². The van der Waals surface area contributed by atoms with Gasteiger partial charge in [-0.2, -0.15) is 0 Å². The summed E-state index contributed by atoms with van der Waals surface area (Å²) in [5.41, 5.74) is 2.38. The lowest BCUT2D eigenvalue weighted by molar-refractivity contribution is -0.115. The fourth-order valence-corrected chi connectivity index (χ4v) is 3.24. The van der Waals surface area contributed by atoms with Gasteiger partial charge in [-0.05, 0) is 31.2 Å². The first-order valence-corrected chi connectivity index (χ1v) is 8.71. The minimum absolute atomic E-state index is 0.0851. The van der Waals surface area contributed by atoms with E-state index in [0.29, 0.717) is 5.16 Å². The first-order valence-electron chi connectivity index (χ1n) is 7.83. The molecule has 0 fully saturated rings. The number of hydrogen-bond donors (Lipinski definition) is 1. The summed E-state index contributed by atoms with van der Waals surface area (Å²) >= 11 is 1.32. The van der Waals surface area contributed by atoms with E-state index in [-0.39, 0.29) is 11.2 Å². The molecule has 2 aromatic heterocycles. The minimum Gasteiger partial charge on any atom is -0.325 e. The Kier molecular flexibility index (Phi) is 4.07.